The van der Waals surface area contributed by atoms with Crippen LogP contribution in [0.5, 0.6) is 0 Å². The molecule has 6 heteroatoms. The summed E-state index contributed by atoms with van der Waals surface area (Å²) in [6, 6.07) is 13.3. The van der Waals surface area contributed by atoms with Gasteiger partial charge >= 0.3 is 5.97 Å². The first kappa shape index (κ1) is 17.5. The smallest absolute Gasteiger partial charge is 0.342 e. The SMILES string of the molecule is CC(=O)COC(=O)c1cn(-c2ccc(F)cc2)nc1-c1cccc(C)c1. The van der Waals surface area contributed by atoms with Gasteiger partial charge in [0, 0.05) is 11.8 Å². The number of rotatable bonds is 5. The van der Waals surface area contributed by atoms with E-state index in [1.165, 1.54) is 29.9 Å². The Morgan fingerprint density at radius 1 is 1.15 bits per heavy atom. The molecular formula is C20H17FN2O3. The summed E-state index contributed by atoms with van der Waals surface area (Å²) in [6.07, 6.45) is 1.52. The Labute approximate surface area is 150 Å². The van der Waals surface area contributed by atoms with Crippen LogP contribution in [0.25, 0.3) is 16.9 Å². The van der Waals surface area contributed by atoms with Crippen molar-refractivity contribution in [2.75, 3.05) is 6.61 Å². The van der Waals surface area contributed by atoms with E-state index in [4.69, 9.17) is 4.74 Å². The molecule has 0 radical (unpaired) electrons. The largest absolute Gasteiger partial charge is 0.454 e. The Hall–Kier alpha value is -3.28. The molecule has 3 rings (SSSR count). The summed E-state index contributed by atoms with van der Waals surface area (Å²) in [5.41, 5.74) is 3.04. The zero-order valence-electron chi connectivity index (χ0n) is 14.4. The Kier molecular flexibility index (Phi) is 4.93. The van der Waals surface area contributed by atoms with Crippen molar-refractivity contribution in [3.05, 3.63) is 71.7 Å². The predicted molar refractivity (Wildman–Crippen MR) is 94.7 cm³/mol. The van der Waals surface area contributed by atoms with Gasteiger partial charge in [0.05, 0.1) is 5.69 Å². The minimum Gasteiger partial charge on any atom is -0.454 e. The van der Waals surface area contributed by atoms with Gasteiger partial charge in [0.2, 0.25) is 0 Å². The normalized spacial score (nSPS) is 10.6. The number of aryl methyl sites for hydroxylation is 1. The van der Waals surface area contributed by atoms with Crippen LogP contribution in [0, 0.1) is 12.7 Å². The summed E-state index contributed by atoms with van der Waals surface area (Å²) in [4.78, 5) is 23.5. The Morgan fingerprint density at radius 3 is 2.54 bits per heavy atom. The number of benzene rings is 2. The number of esters is 1. The summed E-state index contributed by atoms with van der Waals surface area (Å²) in [5.74, 6) is -1.24. The highest BCUT2D eigenvalue weighted by atomic mass is 19.1. The standard InChI is InChI=1S/C20H17FN2O3/c1-13-4-3-5-15(10-13)19-18(20(25)26-12-14(2)24)11-23(22-19)17-8-6-16(21)7-9-17/h3-11H,12H2,1-2H3. The minimum absolute atomic E-state index is 0.237. The van der Waals surface area contributed by atoms with Crippen molar-refractivity contribution in [3.8, 4) is 16.9 Å². The van der Waals surface area contributed by atoms with Crippen LogP contribution >= 0.6 is 0 Å². The van der Waals surface area contributed by atoms with Gasteiger partial charge in [-0.3, -0.25) is 4.79 Å². The van der Waals surface area contributed by atoms with E-state index in [2.05, 4.69) is 5.10 Å². The van der Waals surface area contributed by atoms with Crippen LogP contribution in [0.1, 0.15) is 22.8 Å². The maximum absolute atomic E-state index is 13.2. The van der Waals surface area contributed by atoms with Crippen molar-refractivity contribution in [2.24, 2.45) is 0 Å². The molecule has 0 bridgehead atoms. The topological polar surface area (TPSA) is 61.2 Å². The number of ketones is 1. The number of carbonyl (C=O) groups excluding carboxylic acids is 2. The highest BCUT2D eigenvalue weighted by Gasteiger charge is 2.20. The first-order chi connectivity index (χ1) is 12.4. The number of carbonyl (C=O) groups is 2. The first-order valence-corrected chi connectivity index (χ1v) is 8.03. The van der Waals surface area contributed by atoms with Crippen LogP contribution in [0.3, 0.4) is 0 Å². The molecule has 0 aliphatic carbocycles. The molecule has 0 spiro atoms. The molecule has 1 aromatic heterocycles. The maximum atomic E-state index is 13.2. The van der Waals surface area contributed by atoms with E-state index in [1.807, 2.05) is 31.2 Å². The third-order valence-corrected chi connectivity index (χ3v) is 3.72. The van der Waals surface area contributed by atoms with Crippen molar-refractivity contribution >= 4 is 11.8 Å². The number of halogens is 1. The van der Waals surface area contributed by atoms with E-state index >= 15 is 0 Å². The molecule has 2 aromatic carbocycles. The van der Waals surface area contributed by atoms with Gasteiger partial charge in [-0.05, 0) is 44.2 Å². The quantitative estimate of drug-likeness (QED) is 0.657. The summed E-state index contributed by atoms with van der Waals surface area (Å²) in [6.45, 7) is 2.98. The van der Waals surface area contributed by atoms with E-state index < -0.39 is 5.97 Å². The Balaban J connectivity index is 2.06. The second-order valence-corrected chi connectivity index (χ2v) is 5.96. The van der Waals surface area contributed by atoms with Gasteiger partial charge in [-0.1, -0.05) is 23.8 Å². The summed E-state index contributed by atoms with van der Waals surface area (Å²) in [5, 5.41) is 4.48. The fourth-order valence-corrected chi connectivity index (χ4v) is 2.50. The lowest BCUT2D eigenvalue weighted by atomic mass is 10.1. The lowest BCUT2D eigenvalue weighted by molar-refractivity contribution is -0.120. The fraction of sp³-hybridized carbons (Fsp3) is 0.150. The number of hydrogen-bond acceptors (Lipinski definition) is 4. The molecule has 26 heavy (non-hydrogen) atoms. The molecule has 132 valence electrons. The number of nitrogens with zero attached hydrogens (tertiary/aromatic N) is 2. The average molecular weight is 352 g/mol. The van der Waals surface area contributed by atoms with Crippen LogP contribution in [0.4, 0.5) is 4.39 Å². The van der Waals surface area contributed by atoms with Crippen LogP contribution in [0.2, 0.25) is 0 Å². The molecule has 0 amide bonds. The molecule has 0 atom stereocenters. The molecule has 0 unspecified atom stereocenters. The van der Waals surface area contributed by atoms with Crippen molar-refractivity contribution in [2.45, 2.75) is 13.8 Å². The molecule has 0 saturated heterocycles. The van der Waals surface area contributed by atoms with Gasteiger partial charge in [-0.25, -0.2) is 13.9 Å². The second kappa shape index (κ2) is 7.31. The average Bonchev–Trinajstić information content (AvgIpc) is 3.05. The van der Waals surface area contributed by atoms with E-state index in [9.17, 15) is 14.0 Å². The molecule has 3 aromatic rings. The van der Waals surface area contributed by atoms with Gasteiger partial charge < -0.3 is 4.74 Å². The molecule has 1 heterocycles. The number of ether oxygens (including phenoxy) is 1. The van der Waals surface area contributed by atoms with Crippen molar-refractivity contribution in [1.82, 2.24) is 9.78 Å². The highest BCUT2D eigenvalue weighted by Crippen LogP contribution is 2.25. The van der Waals surface area contributed by atoms with Crippen LogP contribution in [-0.2, 0) is 9.53 Å². The van der Waals surface area contributed by atoms with E-state index in [-0.39, 0.29) is 23.8 Å². The summed E-state index contributed by atoms with van der Waals surface area (Å²) in [7, 11) is 0. The minimum atomic E-state index is -0.634. The molecule has 0 aliphatic heterocycles. The van der Waals surface area contributed by atoms with Crippen molar-refractivity contribution in [1.29, 1.82) is 0 Å². The monoisotopic (exact) mass is 352 g/mol. The third-order valence-electron chi connectivity index (χ3n) is 3.72. The Bertz CT molecular complexity index is 961. The van der Waals surface area contributed by atoms with Gasteiger partial charge in [0.15, 0.2) is 5.78 Å². The molecule has 0 fully saturated rings. The van der Waals surface area contributed by atoms with E-state index in [0.29, 0.717) is 11.4 Å². The summed E-state index contributed by atoms with van der Waals surface area (Å²) >= 11 is 0. The first-order valence-electron chi connectivity index (χ1n) is 8.03. The zero-order valence-corrected chi connectivity index (χ0v) is 14.4. The van der Waals surface area contributed by atoms with Gasteiger partial charge in [0.1, 0.15) is 23.7 Å². The van der Waals surface area contributed by atoms with Crippen LogP contribution in [0.15, 0.2) is 54.7 Å². The van der Waals surface area contributed by atoms with Gasteiger partial charge in [-0.2, -0.15) is 5.10 Å². The van der Waals surface area contributed by atoms with Crippen molar-refractivity contribution in [3.63, 3.8) is 0 Å². The van der Waals surface area contributed by atoms with Crippen molar-refractivity contribution < 1.29 is 18.7 Å². The predicted octanol–water partition coefficient (Wildman–Crippen LogP) is 3.73. The van der Waals surface area contributed by atoms with Gasteiger partial charge in [0.25, 0.3) is 0 Å². The molecule has 0 aliphatic rings. The zero-order chi connectivity index (χ0) is 18.7. The summed E-state index contributed by atoms with van der Waals surface area (Å²) < 4.78 is 19.7. The number of aromatic nitrogens is 2. The maximum Gasteiger partial charge on any atom is 0.342 e. The fourth-order valence-electron chi connectivity index (χ4n) is 2.50. The molecule has 5 nitrogen and oxygen atoms in total. The molecular weight excluding hydrogens is 335 g/mol. The third kappa shape index (κ3) is 3.85. The number of hydrogen-bond donors (Lipinski definition) is 0. The highest BCUT2D eigenvalue weighted by molar-refractivity contribution is 5.97. The second-order valence-electron chi connectivity index (χ2n) is 5.96. The lowest BCUT2D eigenvalue weighted by Crippen LogP contribution is -2.11. The Morgan fingerprint density at radius 2 is 1.88 bits per heavy atom. The number of Topliss-reactive ketones (excluding diaryl/α,β-unsaturated/α-hetero) is 1. The molecule has 0 N–H and O–H groups in total. The van der Waals surface area contributed by atoms with E-state index in [0.717, 1.165) is 11.1 Å². The van der Waals surface area contributed by atoms with Gasteiger partial charge in [-0.15, -0.1) is 0 Å². The van der Waals surface area contributed by atoms with Crippen LogP contribution < -0.4 is 0 Å². The van der Waals surface area contributed by atoms with E-state index in [1.54, 1.807) is 12.1 Å². The molecule has 0 saturated carbocycles. The lowest BCUT2D eigenvalue weighted by Gasteiger charge is -2.04. The van der Waals surface area contributed by atoms with Crippen LogP contribution in [-0.4, -0.2) is 28.1 Å².